The number of hydrogen-bond acceptors (Lipinski definition) is 4. The van der Waals surface area contributed by atoms with E-state index in [1.165, 1.54) is 0 Å². The Morgan fingerprint density at radius 2 is 0.911 bits per heavy atom. The number of benzene rings is 8. The van der Waals surface area contributed by atoms with Crippen molar-refractivity contribution in [1.29, 1.82) is 0 Å². The zero-order valence-corrected chi connectivity index (χ0v) is 30.2. The predicted molar refractivity (Wildman–Crippen MR) is 229 cm³/mol. The lowest BCUT2D eigenvalue weighted by atomic mass is 10.0. The molecule has 0 radical (unpaired) electrons. The van der Waals surface area contributed by atoms with Gasteiger partial charge in [-0.15, -0.1) is 0 Å². The Labute approximate surface area is 322 Å². The molecule has 0 atom stereocenters. The van der Waals surface area contributed by atoms with Gasteiger partial charge in [-0.1, -0.05) is 146 Å². The third-order valence-corrected chi connectivity index (χ3v) is 10.6. The fourth-order valence-corrected chi connectivity index (χ4v) is 7.98. The Hall–Kier alpha value is -7.63. The molecule has 5 nitrogen and oxygen atoms in total. The van der Waals surface area contributed by atoms with Crippen molar-refractivity contribution in [3.8, 4) is 62.1 Å². The standard InChI is InChI=1S/C51H32N4O/c1-4-14-33(15-5-1)36-20-12-21-37(30-36)50-52-49(35-18-8-3-9-19-35)53-51(54-50)38-26-28-46-43(31-38)41-22-10-11-25-45(41)55(46)39-27-29-47-44(32-39)42-24-13-23-40(48(42)56-47)34-16-6-2-7-17-34/h1-32H. The maximum atomic E-state index is 6.53. The average Bonchev–Trinajstić information content (AvgIpc) is 3.82. The lowest BCUT2D eigenvalue weighted by Gasteiger charge is -2.10. The normalized spacial score (nSPS) is 11.6. The summed E-state index contributed by atoms with van der Waals surface area (Å²) in [5.74, 6) is 1.89. The van der Waals surface area contributed by atoms with Crippen LogP contribution >= 0.6 is 0 Å². The van der Waals surface area contributed by atoms with Gasteiger partial charge >= 0.3 is 0 Å². The van der Waals surface area contributed by atoms with E-state index in [4.69, 9.17) is 19.4 Å². The molecule has 262 valence electrons. The van der Waals surface area contributed by atoms with E-state index >= 15 is 0 Å². The Kier molecular flexibility index (Phi) is 7.42. The van der Waals surface area contributed by atoms with Gasteiger partial charge in [0, 0.05) is 49.5 Å². The molecule has 0 fully saturated rings. The molecular formula is C51H32N4O. The second kappa shape index (κ2) is 13.0. The van der Waals surface area contributed by atoms with Crippen LogP contribution in [0.5, 0.6) is 0 Å². The van der Waals surface area contributed by atoms with Crippen LogP contribution in [0.15, 0.2) is 199 Å². The highest BCUT2D eigenvalue weighted by Gasteiger charge is 2.19. The van der Waals surface area contributed by atoms with Crippen molar-refractivity contribution >= 4 is 43.7 Å². The highest BCUT2D eigenvalue weighted by Crippen LogP contribution is 2.39. The lowest BCUT2D eigenvalue weighted by Crippen LogP contribution is -2.00. The number of rotatable bonds is 6. The molecule has 56 heavy (non-hydrogen) atoms. The monoisotopic (exact) mass is 716 g/mol. The fourth-order valence-electron chi connectivity index (χ4n) is 7.98. The summed E-state index contributed by atoms with van der Waals surface area (Å²) in [6.45, 7) is 0. The van der Waals surface area contributed by atoms with E-state index in [9.17, 15) is 0 Å². The van der Waals surface area contributed by atoms with Gasteiger partial charge in [0.15, 0.2) is 17.5 Å². The lowest BCUT2D eigenvalue weighted by molar-refractivity contribution is 0.670. The quantitative estimate of drug-likeness (QED) is 0.172. The topological polar surface area (TPSA) is 56.7 Å². The van der Waals surface area contributed by atoms with Crippen molar-refractivity contribution in [2.75, 3.05) is 0 Å². The van der Waals surface area contributed by atoms with Gasteiger partial charge in [0.05, 0.1) is 11.0 Å². The molecular weight excluding hydrogens is 685 g/mol. The second-order valence-electron chi connectivity index (χ2n) is 14.0. The van der Waals surface area contributed by atoms with Crippen LogP contribution in [-0.2, 0) is 0 Å². The van der Waals surface area contributed by atoms with E-state index in [0.717, 1.165) is 88.4 Å². The van der Waals surface area contributed by atoms with Crippen LogP contribution in [0.1, 0.15) is 0 Å². The summed E-state index contributed by atoms with van der Waals surface area (Å²) >= 11 is 0. The van der Waals surface area contributed by atoms with Gasteiger partial charge in [-0.05, 0) is 65.2 Å². The van der Waals surface area contributed by atoms with Crippen molar-refractivity contribution in [2.24, 2.45) is 0 Å². The zero-order chi connectivity index (χ0) is 37.0. The molecule has 0 saturated heterocycles. The minimum atomic E-state index is 0.623. The minimum Gasteiger partial charge on any atom is -0.455 e. The third-order valence-electron chi connectivity index (χ3n) is 10.6. The van der Waals surface area contributed by atoms with Gasteiger partial charge in [0.2, 0.25) is 0 Å². The van der Waals surface area contributed by atoms with Crippen molar-refractivity contribution in [2.45, 2.75) is 0 Å². The van der Waals surface area contributed by atoms with Gasteiger partial charge in [-0.3, -0.25) is 0 Å². The number of nitrogens with zero attached hydrogens (tertiary/aromatic N) is 4. The first-order valence-electron chi connectivity index (χ1n) is 18.8. The van der Waals surface area contributed by atoms with Crippen LogP contribution in [0.4, 0.5) is 0 Å². The molecule has 11 rings (SSSR count). The van der Waals surface area contributed by atoms with E-state index in [1.807, 2.05) is 42.5 Å². The molecule has 0 unspecified atom stereocenters. The second-order valence-corrected chi connectivity index (χ2v) is 14.0. The highest BCUT2D eigenvalue weighted by molar-refractivity contribution is 6.12. The molecule has 5 heteroatoms. The SMILES string of the molecule is c1ccc(-c2cccc(-c3nc(-c4ccccc4)nc(-c4ccc5c(c4)c4ccccc4n5-c4ccc5oc6c(-c7ccccc7)cccc6c5c4)n3)c2)cc1. The summed E-state index contributed by atoms with van der Waals surface area (Å²) in [4.78, 5) is 15.2. The molecule has 8 aromatic carbocycles. The molecule has 0 bridgehead atoms. The number of hydrogen-bond donors (Lipinski definition) is 0. The molecule has 3 aromatic heterocycles. The van der Waals surface area contributed by atoms with E-state index in [-0.39, 0.29) is 0 Å². The Balaban J connectivity index is 1.07. The summed E-state index contributed by atoms with van der Waals surface area (Å²) in [5, 5.41) is 4.46. The first kappa shape index (κ1) is 31.9. The van der Waals surface area contributed by atoms with Crippen LogP contribution in [0.3, 0.4) is 0 Å². The van der Waals surface area contributed by atoms with Crippen LogP contribution in [0.25, 0.3) is 106 Å². The number of fused-ring (bicyclic) bond motifs is 6. The van der Waals surface area contributed by atoms with Crippen LogP contribution in [-0.4, -0.2) is 19.5 Å². The molecule has 0 saturated carbocycles. The Morgan fingerprint density at radius 3 is 1.68 bits per heavy atom. The number of para-hydroxylation sites is 2. The first-order chi connectivity index (χ1) is 27.7. The number of furan rings is 1. The molecule has 0 amide bonds. The number of aromatic nitrogens is 4. The van der Waals surface area contributed by atoms with Gasteiger partial charge in [0.1, 0.15) is 11.2 Å². The summed E-state index contributed by atoms with van der Waals surface area (Å²) in [6.07, 6.45) is 0. The third kappa shape index (κ3) is 5.37. The van der Waals surface area contributed by atoms with Gasteiger partial charge in [-0.25, -0.2) is 15.0 Å². The van der Waals surface area contributed by atoms with Crippen molar-refractivity contribution in [3.05, 3.63) is 194 Å². The van der Waals surface area contributed by atoms with Crippen LogP contribution in [0.2, 0.25) is 0 Å². The summed E-state index contributed by atoms with van der Waals surface area (Å²) in [7, 11) is 0. The average molecular weight is 717 g/mol. The van der Waals surface area contributed by atoms with Gasteiger partial charge < -0.3 is 8.98 Å². The first-order valence-corrected chi connectivity index (χ1v) is 18.8. The van der Waals surface area contributed by atoms with E-state index < -0.39 is 0 Å². The highest BCUT2D eigenvalue weighted by atomic mass is 16.3. The molecule has 0 N–H and O–H groups in total. The minimum absolute atomic E-state index is 0.623. The van der Waals surface area contributed by atoms with Gasteiger partial charge in [0.25, 0.3) is 0 Å². The largest absolute Gasteiger partial charge is 0.455 e. The van der Waals surface area contributed by atoms with Crippen molar-refractivity contribution in [3.63, 3.8) is 0 Å². The molecule has 3 heterocycles. The summed E-state index contributed by atoms with van der Waals surface area (Å²) < 4.78 is 8.88. The zero-order valence-electron chi connectivity index (χ0n) is 30.2. The van der Waals surface area contributed by atoms with Crippen LogP contribution < -0.4 is 0 Å². The van der Waals surface area contributed by atoms with E-state index in [1.54, 1.807) is 0 Å². The molecule has 11 aromatic rings. The maximum Gasteiger partial charge on any atom is 0.164 e. The molecule has 0 aliphatic carbocycles. The van der Waals surface area contributed by atoms with E-state index in [0.29, 0.717) is 17.5 Å². The van der Waals surface area contributed by atoms with E-state index in [2.05, 4.69) is 156 Å². The summed E-state index contributed by atoms with van der Waals surface area (Å²) in [6, 6.07) is 67.4. The molecule has 0 aliphatic heterocycles. The molecule has 0 aliphatic rings. The predicted octanol–water partition coefficient (Wildman–Crippen LogP) is 13.2. The molecule has 0 spiro atoms. The maximum absolute atomic E-state index is 6.53. The van der Waals surface area contributed by atoms with Crippen molar-refractivity contribution in [1.82, 2.24) is 19.5 Å². The van der Waals surface area contributed by atoms with Gasteiger partial charge in [-0.2, -0.15) is 0 Å². The van der Waals surface area contributed by atoms with Crippen molar-refractivity contribution < 1.29 is 4.42 Å². The fraction of sp³-hybridized carbons (Fsp3) is 0. The van der Waals surface area contributed by atoms with Crippen LogP contribution in [0, 0.1) is 0 Å². The Morgan fingerprint density at radius 1 is 0.339 bits per heavy atom. The Bertz CT molecular complexity index is 3240. The summed E-state index contributed by atoms with van der Waals surface area (Å²) in [5.41, 5.74) is 12.3. The smallest absolute Gasteiger partial charge is 0.164 e.